The Bertz CT molecular complexity index is 425. The summed E-state index contributed by atoms with van der Waals surface area (Å²) in [4.78, 5) is 14.9. The second kappa shape index (κ2) is 6.53. The first-order valence-electron chi connectivity index (χ1n) is 6.08. The number of rotatable bonds is 5. The molecule has 2 heterocycles. The van der Waals surface area contributed by atoms with Crippen molar-refractivity contribution in [2.75, 3.05) is 13.2 Å². The van der Waals surface area contributed by atoms with Crippen LogP contribution in [0, 0.1) is 11.3 Å². The van der Waals surface area contributed by atoms with E-state index in [1.807, 2.05) is 0 Å². The molecule has 1 aliphatic rings. The van der Waals surface area contributed by atoms with Crippen molar-refractivity contribution in [1.29, 1.82) is 5.26 Å². The molecule has 0 aromatic carbocycles. The topological polar surface area (TPSA) is 53.3 Å². The van der Waals surface area contributed by atoms with Gasteiger partial charge >= 0.3 is 5.97 Å². The van der Waals surface area contributed by atoms with Gasteiger partial charge in [0.25, 0.3) is 0 Å². The third-order valence-electron chi connectivity index (χ3n) is 3.10. The van der Waals surface area contributed by atoms with E-state index >= 15 is 0 Å². The average Bonchev–Trinajstić information content (AvgIpc) is 2.99. The molecule has 0 radical (unpaired) electrons. The monoisotopic (exact) mass is 264 g/mol. The molecule has 0 aliphatic carbocycles. The van der Waals surface area contributed by atoms with Crippen molar-refractivity contribution in [2.24, 2.45) is 0 Å². The van der Waals surface area contributed by atoms with Crippen LogP contribution in [0.15, 0.2) is 17.5 Å². The Morgan fingerprint density at radius 3 is 3.28 bits per heavy atom. The lowest BCUT2D eigenvalue weighted by Crippen LogP contribution is -2.33. The third-order valence-corrected chi connectivity index (χ3v) is 3.96. The predicted molar refractivity (Wildman–Crippen MR) is 68.9 cm³/mol. The van der Waals surface area contributed by atoms with Crippen molar-refractivity contribution < 1.29 is 9.53 Å². The highest BCUT2D eigenvalue weighted by molar-refractivity contribution is 7.09. The summed E-state index contributed by atoms with van der Waals surface area (Å²) in [5.41, 5.74) is 0. The van der Waals surface area contributed by atoms with E-state index in [0.29, 0.717) is 12.6 Å². The second-order valence-corrected chi connectivity index (χ2v) is 5.40. The van der Waals surface area contributed by atoms with Gasteiger partial charge in [0.05, 0.1) is 6.07 Å². The minimum atomic E-state index is -0.416. The fraction of sp³-hybridized carbons (Fsp3) is 0.538. The summed E-state index contributed by atoms with van der Waals surface area (Å²) in [6, 6.07) is 6.28. The maximum atomic E-state index is 11.2. The number of carbonyl (C=O) groups is 1. The molecule has 1 aliphatic heterocycles. The maximum Gasteiger partial charge on any atom is 0.320 e. The zero-order chi connectivity index (χ0) is 12.8. The molecule has 1 saturated heterocycles. The molecule has 5 heteroatoms. The molecule has 1 fully saturated rings. The van der Waals surface area contributed by atoms with Crippen LogP contribution < -0.4 is 0 Å². The molecule has 1 unspecified atom stereocenters. The highest BCUT2D eigenvalue weighted by Crippen LogP contribution is 2.22. The summed E-state index contributed by atoms with van der Waals surface area (Å²) < 4.78 is 5.12. The van der Waals surface area contributed by atoms with E-state index in [9.17, 15) is 4.79 Å². The van der Waals surface area contributed by atoms with Crippen LogP contribution in [0.5, 0.6) is 0 Å². The minimum Gasteiger partial charge on any atom is -0.463 e. The lowest BCUT2D eigenvalue weighted by atomic mass is 10.2. The van der Waals surface area contributed by atoms with E-state index in [-0.39, 0.29) is 6.42 Å². The Labute approximate surface area is 111 Å². The van der Waals surface area contributed by atoms with E-state index in [2.05, 4.69) is 22.4 Å². The van der Waals surface area contributed by atoms with Gasteiger partial charge in [-0.25, -0.2) is 0 Å². The molecular weight excluding hydrogens is 248 g/mol. The van der Waals surface area contributed by atoms with Crippen molar-refractivity contribution >= 4 is 17.3 Å². The lowest BCUT2D eigenvalue weighted by molar-refractivity contribution is -0.144. The SMILES string of the molecule is N#CCC(=O)OCC1CCCN1Cc1cccs1. The number of hydrogen-bond acceptors (Lipinski definition) is 5. The van der Waals surface area contributed by atoms with Crippen LogP contribution in [0.2, 0.25) is 0 Å². The normalized spacial score (nSPS) is 19.6. The Morgan fingerprint density at radius 2 is 2.56 bits per heavy atom. The molecular formula is C13H16N2O2S. The molecule has 4 nitrogen and oxygen atoms in total. The van der Waals surface area contributed by atoms with Crippen LogP contribution >= 0.6 is 11.3 Å². The minimum absolute atomic E-state index is 0.155. The van der Waals surface area contributed by atoms with E-state index < -0.39 is 5.97 Å². The molecule has 0 saturated carbocycles. The molecule has 0 bridgehead atoms. The van der Waals surface area contributed by atoms with Gasteiger partial charge in [0.15, 0.2) is 0 Å². The zero-order valence-corrected chi connectivity index (χ0v) is 11.0. The van der Waals surface area contributed by atoms with Crippen LogP contribution in [-0.2, 0) is 16.1 Å². The number of esters is 1. The van der Waals surface area contributed by atoms with Crippen molar-refractivity contribution in [2.45, 2.75) is 31.8 Å². The highest BCUT2D eigenvalue weighted by Gasteiger charge is 2.25. The molecule has 0 amide bonds. The maximum absolute atomic E-state index is 11.2. The van der Waals surface area contributed by atoms with Crippen molar-refractivity contribution in [3.63, 3.8) is 0 Å². The van der Waals surface area contributed by atoms with E-state index in [1.54, 1.807) is 17.4 Å². The Morgan fingerprint density at radius 1 is 1.67 bits per heavy atom. The molecule has 1 aromatic heterocycles. The smallest absolute Gasteiger partial charge is 0.320 e. The summed E-state index contributed by atoms with van der Waals surface area (Å²) >= 11 is 1.75. The number of likely N-dealkylation sites (tertiary alicyclic amines) is 1. The van der Waals surface area contributed by atoms with Crippen molar-refractivity contribution in [1.82, 2.24) is 4.90 Å². The predicted octanol–water partition coefficient (Wildman–Crippen LogP) is 2.17. The first kappa shape index (κ1) is 13.1. The van der Waals surface area contributed by atoms with Gasteiger partial charge in [-0.1, -0.05) is 6.07 Å². The largest absolute Gasteiger partial charge is 0.463 e. The van der Waals surface area contributed by atoms with Crippen LogP contribution in [0.4, 0.5) is 0 Å². The van der Waals surface area contributed by atoms with E-state index in [1.165, 1.54) is 4.88 Å². The van der Waals surface area contributed by atoms with Crippen LogP contribution in [0.25, 0.3) is 0 Å². The van der Waals surface area contributed by atoms with Crippen LogP contribution in [0.3, 0.4) is 0 Å². The molecule has 0 spiro atoms. The first-order chi connectivity index (χ1) is 8.79. The van der Waals surface area contributed by atoms with Gasteiger partial charge in [0, 0.05) is 17.5 Å². The Hall–Kier alpha value is -1.38. The summed E-state index contributed by atoms with van der Waals surface area (Å²) in [6.45, 7) is 2.39. The molecule has 96 valence electrons. The van der Waals surface area contributed by atoms with Gasteiger partial charge in [0.2, 0.25) is 0 Å². The third kappa shape index (κ3) is 3.56. The quantitative estimate of drug-likeness (QED) is 0.765. The summed E-state index contributed by atoms with van der Waals surface area (Å²) in [5, 5.41) is 10.5. The number of ether oxygens (including phenoxy) is 1. The number of hydrogen-bond donors (Lipinski definition) is 0. The summed E-state index contributed by atoms with van der Waals surface area (Å²) in [7, 11) is 0. The number of nitriles is 1. The van der Waals surface area contributed by atoms with Crippen molar-refractivity contribution in [3.8, 4) is 6.07 Å². The summed E-state index contributed by atoms with van der Waals surface area (Å²) in [5.74, 6) is -0.416. The highest BCUT2D eigenvalue weighted by atomic mass is 32.1. The van der Waals surface area contributed by atoms with Crippen molar-refractivity contribution in [3.05, 3.63) is 22.4 Å². The van der Waals surface area contributed by atoms with Crippen LogP contribution in [-0.4, -0.2) is 30.1 Å². The molecule has 0 N–H and O–H groups in total. The first-order valence-corrected chi connectivity index (χ1v) is 6.96. The summed E-state index contributed by atoms with van der Waals surface area (Å²) in [6.07, 6.45) is 2.05. The van der Waals surface area contributed by atoms with Gasteiger partial charge in [-0.15, -0.1) is 11.3 Å². The van der Waals surface area contributed by atoms with Gasteiger partial charge in [0.1, 0.15) is 13.0 Å². The Kier molecular flexibility index (Phi) is 4.73. The molecule has 2 rings (SSSR count). The van der Waals surface area contributed by atoms with E-state index in [4.69, 9.17) is 10.00 Å². The Balaban J connectivity index is 1.80. The van der Waals surface area contributed by atoms with Crippen LogP contribution in [0.1, 0.15) is 24.1 Å². The van der Waals surface area contributed by atoms with E-state index in [0.717, 1.165) is 25.9 Å². The second-order valence-electron chi connectivity index (χ2n) is 4.36. The number of carbonyl (C=O) groups excluding carboxylic acids is 1. The molecule has 1 atom stereocenters. The standard InChI is InChI=1S/C13H16N2O2S/c14-6-5-13(16)17-10-11-3-1-7-15(11)9-12-4-2-8-18-12/h2,4,8,11H,1,3,5,7,9-10H2. The average molecular weight is 264 g/mol. The fourth-order valence-electron chi connectivity index (χ4n) is 2.20. The van der Waals surface area contributed by atoms with Gasteiger partial charge < -0.3 is 4.74 Å². The lowest BCUT2D eigenvalue weighted by Gasteiger charge is -2.23. The number of thiophene rings is 1. The molecule has 1 aromatic rings. The van der Waals surface area contributed by atoms with Gasteiger partial charge in [-0.2, -0.15) is 5.26 Å². The fourth-order valence-corrected chi connectivity index (χ4v) is 2.93. The number of nitrogens with zero attached hydrogens (tertiary/aromatic N) is 2. The molecule has 18 heavy (non-hydrogen) atoms. The van der Waals surface area contributed by atoms with Gasteiger partial charge in [-0.3, -0.25) is 9.69 Å². The van der Waals surface area contributed by atoms with Gasteiger partial charge in [-0.05, 0) is 30.8 Å². The zero-order valence-electron chi connectivity index (χ0n) is 10.2.